The third kappa shape index (κ3) is 6.15. The Balaban J connectivity index is 1.48. The van der Waals surface area contributed by atoms with Crippen LogP contribution in [0.4, 0.5) is 11.4 Å². The Morgan fingerprint density at radius 1 is 0.865 bits per heavy atom. The van der Waals surface area contributed by atoms with Crippen LogP contribution in [0.25, 0.3) is 0 Å². The molecule has 2 aromatic heterocycles. The molecule has 0 N–H and O–H groups in total. The first-order chi connectivity index (χ1) is 18.2. The van der Waals surface area contributed by atoms with Crippen molar-refractivity contribution in [2.45, 2.75) is 44.8 Å². The average Bonchev–Trinajstić information content (AvgIpc) is 3.46. The number of hydrogen-bond acceptors (Lipinski definition) is 6. The largest absolute Gasteiger partial charge is 0.493 e. The van der Waals surface area contributed by atoms with Crippen LogP contribution in [0.2, 0.25) is 0 Å². The Bertz CT molecular complexity index is 1320. The first kappa shape index (κ1) is 24.5. The van der Waals surface area contributed by atoms with Crippen LogP contribution in [-0.2, 0) is 13.0 Å². The molecule has 0 aliphatic heterocycles. The molecule has 2 heterocycles. The minimum absolute atomic E-state index is 0.0642. The zero-order valence-electron chi connectivity index (χ0n) is 21.0. The molecular weight excluding hydrogens is 462 g/mol. The number of carbonyl (C=O) groups excluding carboxylic acids is 1. The Hall–Kier alpha value is -4.19. The molecule has 0 amide bonds. The first-order valence-electron chi connectivity index (χ1n) is 12.7. The molecule has 6 nitrogen and oxygen atoms in total. The van der Waals surface area contributed by atoms with Crippen LogP contribution in [0.1, 0.15) is 47.2 Å². The van der Waals surface area contributed by atoms with Crippen LogP contribution in [0.5, 0.6) is 11.5 Å². The van der Waals surface area contributed by atoms with E-state index in [0.717, 1.165) is 46.8 Å². The zero-order chi connectivity index (χ0) is 25.5. The third-order valence-corrected chi connectivity index (χ3v) is 6.71. The number of pyridine rings is 2. The number of methoxy groups -OCH3 is 1. The Morgan fingerprint density at radius 2 is 1.68 bits per heavy atom. The number of Topliss-reactive ketones (excluding diaryl/α,β-unsaturated/α-hetero) is 1. The van der Waals surface area contributed by atoms with Crippen LogP contribution >= 0.6 is 0 Å². The summed E-state index contributed by atoms with van der Waals surface area (Å²) in [4.78, 5) is 23.7. The van der Waals surface area contributed by atoms with Crippen LogP contribution in [0.3, 0.4) is 0 Å². The van der Waals surface area contributed by atoms with Crippen molar-refractivity contribution < 1.29 is 14.3 Å². The van der Waals surface area contributed by atoms with Gasteiger partial charge in [0.25, 0.3) is 0 Å². The Labute approximate surface area is 217 Å². The van der Waals surface area contributed by atoms with Gasteiger partial charge in [-0.05, 0) is 79.3 Å². The number of hydrogen-bond donors (Lipinski definition) is 0. The Morgan fingerprint density at radius 3 is 2.43 bits per heavy atom. The average molecular weight is 494 g/mol. The molecule has 1 fully saturated rings. The normalized spacial score (nSPS) is 13.3. The van der Waals surface area contributed by atoms with E-state index in [4.69, 9.17) is 9.47 Å². The van der Waals surface area contributed by atoms with Gasteiger partial charge in [0, 0.05) is 60.8 Å². The van der Waals surface area contributed by atoms with Crippen molar-refractivity contribution in [3.63, 3.8) is 0 Å². The van der Waals surface area contributed by atoms with Crippen molar-refractivity contribution in [3.05, 3.63) is 108 Å². The summed E-state index contributed by atoms with van der Waals surface area (Å²) >= 11 is 0. The van der Waals surface area contributed by atoms with E-state index in [1.165, 1.54) is 12.8 Å². The van der Waals surface area contributed by atoms with Crippen molar-refractivity contribution in [3.8, 4) is 11.5 Å². The molecule has 2 aromatic carbocycles. The fourth-order valence-electron chi connectivity index (χ4n) is 4.75. The maximum atomic E-state index is 13.1. The Kier molecular flexibility index (Phi) is 7.75. The van der Waals surface area contributed by atoms with Gasteiger partial charge in [-0.1, -0.05) is 18.2 Å². The molecule has 37 heavy (non-hydrogen) atoms. The summed E-state index contributed by atoms with van der Waals surface area (Å²) in [6.45, 7) is 0.588. The first-order valence-corrected chi connectivity index (χ1v) is 12.7. The molecule has 0 spiro atoms. The smallest absolute Gasteiger partial charge is 0.167 e. The lowest BCUT2D eigenvalue weighted by molar-refractivity contribution is 0.0993. The van der Waals surface area contributed by atoms with Gasteiger partial charge >= 0.3 is 0 Å². The SMILES string of the molecule is COc1ccc(N(Cc2cccnc2)c2cccc(C(=O)Cc3ccncc3)c2)cc1OC1CCCC1. The molecule has 4 aromatic rings. The minimum atomic E-state index is 0.0642. The standard InChI is InChI=1S/C31H31N3O3/c1-36-30-12-11-27(20-31(30)37-28-9-2-3-10-28)34(22-24-6-5-15-33-21-24)26-8-4-7-25(19-26)29(35)18-23-13-16-32-17-14-23/h4-8,11-17,19-21,28H,2-3,9-10,18,22H2,1H3. The van der Waals surface area contributed by atoms with Crippen molar-refractivity contribution in [2.75, 3.05) is 12.0 Å². The van der Waals surface area contributed by atoms with Gasteiger partial charge in [0.2, 0.25) is 0 Å². The quantitative estimate of drug-likeness (QED) is 0.233. The summed E-state index contributed by atoms with van der Waals surface area (Å²) in [6.07, 6.45) is 12.1. The van der Waals surface area contributed by atoms with Crippen LogP contribution < -0.4 is 14.4 Å². The number of carbonyl (C=O) groups is 1. The van der Waals surface area contributed by atoms with E-state index >= 15 is 0 Å². The van der Waals surface area contributed by atoms with E-state index < -0.39 is 0 Å². The highest BCUT2D eigenvalue weighted by Gasteiger charge is 2.21. The molecule has 0 atom stereocenters. The van der Waals surface area contributed by atoms with Crippen LogP contribution in [0.15, 0.2) is 91.5 Å². The molecule has 1 aliphatic rings. The summed E-state index contributed by atoms with van der Waals surface area (Å²) in [7, 11) is 1.67. The third-order valence-electron chi connectivity index (χ3n) is 6.71. The second-order valence-corrected chi connectivity index (χ2v) is 9.31. The summed E-state index contributed by atoms with van der Waals surface area (Å²) in [5.74, 6) is 1.53. The number of rotatable bonds is 10. The maximum absolute atomic E-state index is 13.1. The maximum Gasteiger partial charge on any atom is 0.167 e. The van der Waals surface area contributed by atoms with Crippen molar-refractivity contribution in [1.82, 2.24) is 9.97 Å². The number of anilines is 2. The van der Waals surface area contributed by atoms with Gasteiger partial charge in [-0.25, -0.2) is 0 Å². The molecule has 0 unspecified atom stereocenters. The van der Waals surface area contributed by atoms with E-state index in [1.54, 1.807) is 25.7 Å². The van der Waals surface area contributed by atoms with Gasteiger partial charge < -0.3 is 14.4 Å². The van der Waals surface area contributed by atoms with Gasteiger partial charge in [0.05, 0.1) is 13.2 Å². The molecule has 6 heteroatoms. The molecule has 0 bridgehead atoms. The highest BCUT2D eigenvalue weighted by Crippen LogP contribution is 2.38. The molecule has 1 aliphatic carbocycles. The van der Waals surface area contributed by atoms with Crippen LogP contribution in [0, 0.1) is 0 Å². The monoisotopic (exact) mass is 493 g/mol. The van der Waals surface area contributed by atoms with Gasteiger partial charge in [-0.2, -0.15) is 0 Å². The number of benzene rings is 2. The van der Waals surface area contributed by atoms with E-state index in [1.807, 2.05) is 66.9 Å². The topological polar surface area (TPSA) is 64.5 Å². The molecule has 188 valence electrons. The minimum Gasteiger partial charge on any atom is -0.493 e. The summed E-state index contributed by atoms with van der Waals surface area (Å²) in [6, 6.07) is 21.6. The van der Waals surface area contributed by atoms with Crippen molar-refractivity contribution >= 4 is 17.2 Å². The highest BCUT2D eigenvalue weighted by molar-refractivity contribution is 5.98. The second kappa shape index (κ2) is 11.7. The molecule has 0 saturated heterocycles. The predicted molar refractivity (Wildman–Crippen MR) is 145 cm³/mol. The molecule has 0 radical (unpaired) electrons. The highest BCUT2D eigenvalue weighted by atomic mass is 16.5. The fourth-order valence-corrected chi connectivity index (χ4v) is 4.75. The molecule has 5 rings (SSSR count). The summed E-state index contributed by atoms with van der Waals surface area (Å²) in [5, 5.41) is 0. The predicted octanol–water partition coefficient (Wildman–Crippen LogP) is 6.57. The van der Waals surface area contributed by atoms with Gasteiger partial charge in [0.1, 0.15) is 0 Å². The van der Waals surface area contributed by atoms with E-state index in [-0.39, 0.29) is 11.9 Å². The fraction of sp³-hybridized carbons (Fsp3) is 0.258. The number of aromatic nitrogens is 2. The lowest BCUT2D eigenvalue weighted by Gasteiger charge is -2.27. The summed E-state index contributed by atoms with van der Waals surface area (Å²) < 4.78 is 12.0. The summed E-state index contributed by atoms with van der Waals surface area (Å²) in [5.41, 5.74) is 4.55. The number of ketones is 1. The second-order valence-electron chi connectivity index (χ2n) is 9.31. The molecular formula is C31H31N3O3. The van der Waals surface area contributed by atoms with E-state index in [9.17, 15) is 4.79 Å². The van der Waals surface area contributed by atoms with Crippen molar-refractivity contribution in [1.29, 1.82) is 0 Å². The zero-order valence-corrected chi connectivity index (χ0v) is 21.0. The van der Waals surface area contributed by atoms with Crippen LogP contribution in [-0.4, -0.2) is 29.0 Å². The number of nitrogens with zero attached hydrogens (tertiary/aromatic N) is 3. The van der Waals surface area contributed by atoms with E-state index in [2.05, 4.69) is 20.9 Å². The van der Waals surface area contributed by atoms with Gasteiger partial charge in [-0.15, -0.1) is 0 Å². The molecule has 1 saturated carbocycles. The van der Waals surface area contributed by atoms with Gasteiger partial charge in [-0.3, -0.25) is 14.8 Å². The van der Waals surface area contributed by atoms with Crippen molar-refractivity contribution in [2.24, 2.45) is 0 Å². The van der Waals surface area contributed by atoms with E-state index in [0.29, 0.717) is 18.5 Å². The lowest BCUT2D eigenvalue weighted by atomic mass is 10.0. The number of ether oxygens (including phenoxy) is 2. The lowest BCUT2D eigenvalue weighted by Crippen LogP contribution is -2.18. The van der Waals surface area contributed by atoms with Gasteiger partial charge in [0.15, 0.2) is 17.3 Å².